The summed E-state index contributed by atoms with van der Waals surface area (Å²) in [6.07, 6.45) is 1.91. The molecule has 1 aromatic carbocycles. The molecule has 0 aliphatic heterocycles. The van der Waals surface area contributed by atoms with Crippen LogP contribution in [0.5, 0.6) is 11.5 Å². The highest BCUT2D eigenvalue weighted by atomic mass is 79.9. The summed E-state index contributed by atoms with van der Waals surface area (Å²) in [5, 5.41) is 5.92. The van der Waals surface area contributed by atoms with E-state index in [0.29, 0.717) is 34.2 Å². The Balaban J connectivity index is 1.58. The number of thiophene rings is 1. The lowest BCUT2D eigenvalue weighted by Crippen LogP contribution is -2.28. The molecule has 0 saturated heterocycles. The summed E-state index contributed by atoms with van der Waals surface area (Å²) in [7, 11) is 0. The number of nitrogens with zero attached hydrogens (tertiary/aromatic N) is 1. The van der Waals surface area contributed by atoms with Crippen LogP contribution in [0.4, 0.5) is 9.80 Å². The number of hydrogen-bond acceptors (Lipinski definition) is 7. The van der Waals surface area contributed by atoms with E-state index in [9.17, 15) is 14.4 Å². The molecule has 0 spiro atoms. The number of amides is 2. The van der Waals surface area contributed by atoms with E-state index in [1.165, 1.54) is 17.5 Å². The third-order valence-electron chi connectivity index (χ3n) is 4.75. The molecule has 0 bridgehead atoms. The van der Waals surface area contributed by atoms with Crippen LogP contribution in [0.1, 0.15) is 52.2 Å². The normalized spacial score (nSPS) is 10.5. The van der Waals surface area contributed by atoms with Gasteiger partial charge in [0.1, 0.15) is 22.2 Å². The fourth-order valence-electron chi connectivity index (χ4n) is 2.97. The van der Waals surface area contributed by atoms with Gasteiger partial charge in [-0.25, -0.2) is 9.59 Å². The average molecular weight is 546 g/mol. The summed E-state index contributed by atoms with van der Waals surface area (Å²) in [6, 6.07) is 10.0. The summed E-state index contributed by atoms with van der Waals surface area (Å²) in [5.41, 5.74) is 2.28. The quantitative estimate of drug-likeness (QED) is 0.248. The minimum Gasteiger partial charge on any atom is -0.462 e. The second-order valence-electron chi connectivity index (χ2n) is 7.13. The standard InChI is InChI=1S/C24H24BrN3O5S/c1-4-19(29)18-12-17(10-11-26-18)33-16-8-6-15(7-9-16)13-27-24(31)28-22-20(23(30)32-5-2)14(3)21(25)34-22/h6-12H,4-5,13H2,1-3H3,(H2,27,28,31). The third-order valence-corrected chi connectivity index (χ3v) is 6.82. The summed E-state index contributed by atoms with van der Waals surface area (Å²) >= 11 is 4.66. The number of halogens is 1. The van der Waals surface area contributed by atoms with Crippen molar-refractivity contribution >= 4 is 50.1 Å². The smallest absolute Gasteiger partial charge is 0.341 e. The van der Waals surface area contributed by atoms with Gasteiger partial charge >= 0.3 is 12.0 Å². The minimum absolute atomic E-state index is 0.0513. The molecule has 178 valence electrons. The van der Waals surface area contributed by atoms with Crippen LogP contribution in [-0.4, -0.2) is 29.4 Å². The van der Waals surface area contributed by atoms with Gasteiger partial charge in [0.25, 0.3) is 0 Å². The lowest BCUT2D eigenvalue weighted by molar-refractivity contribution is 0.0527. The molecule has 10 heteroatoms. The number of nitrogens with one attached hydrogen (secondary N) is 2. The number of aromatic nitrogens is 1. The van der Waals surface area contributed by atoms with Crippen LogP contribution in [0.15, 0.2) is 46.4 Å². The molecule has 34 heavy (non-hydrogen) atoms. The number of benzene rings is 1. The van der Waals surface area contributed by atoms with Crippen LogP contribution < -0.4 is 15.4 Å². The zero-order valence-electron chi connectivity index (χ0n) is 18.9. The van der Waals surface area contributed by atoms with Gasteiger partial charge in [0.2, 0.25) is 0 Å². The van der Waals surface area contributed by atoms with Crippen molar-refractivity contribution in [3.63, 3.8) is 0 Å². The average Bonchev–Trinajstić information content (AvgIpc) is 3.11. The van der Waals surface area contributed by atoms with E-state index >= 15 is 0 Å². The molecule has 0 radical (unpaired) electrons. The first-order valence-electron chi connectivity index (χ1n) is 10.6. The Morgan fingerprint density at radius 2 is 1.82 bits per heavy atom. The van der Waals surface area contributed by atoms with E-state index in [1.54, 1.807) is 45.0 Å². The number of ketones is 1. The highest BCUT2D eigenvalue weighted by molar-refractivity contribution is 9.11. The molecule has 0 aliphatic carbocycles. The number of ether oxygens (including phenoxy) is 2. The van der Waals surface area contributed by atoms with E-state index < -0.39 is 12.0 Å². The number of Topliss-reactive ketones (excluding diaryl/α,β-unsaturated/α-hetero) is 1. The van der Waals surface area contributed by atoms with Gasteiger partial charge < -0.3 is 14.8 Å². The molecule has 0 fully saturated rings. The largest absolute Gasteiger partial charge is 0.462 e. The van der Waals surface area contributed by atoms with Crippen molar-refractivity contribution in [2.45, 2.75) is 33.7 Å². The molecule has 8 nitrogen and oxygen atoms in total. The lowest BCUT2D eigenvalue weighted by atomic mass is 10.2. The van der Waals surface area contributed by atoms with E-state index in [2.05, 4.69) is 31.5 Å². The molecule has 3 aromatic rings. The number of pyridine rings is 1. The number of urea groups is 1. The Morgan fingerprint density at radius 3 is 2.50 bits per heavy atom. The van der Waals surface area contributed by atoms with Gasteiger partial charge in [-0.3, -0.25) is 15.1 Å². The SMILES string of the molecule is CCOC(=O)c1c(NC(=O)NCc2ccc(Oc3ccnc(C(=O)CC)c3)cc2)sc(Br)c1C. The Kier molecular flexibility index (Phi) is 8.78. The number of anilines is 1. The topological polar surface area (TPSA) is 107 Å². The molecule has 0 atom stereocenters. The molecule has 2 N–H and O–H groups in total. The fraction of sp³-hybridized carbons (Fsp3) is 0.250. The monoisotopic (exact) mass is 545 g/mol. The fourth-order valence-corrected chi connectivity index (χ4v) is 4.57. The number of rotatable bonds is 9. The zero-order valence-corrected chi connectivity index (χ0v) is 21.3. The Labute approximate surface area is 209 Å². The first-order chi connectivity index (χ1) is 16.3. The summed E-state index contributed by atoms with van der Waals surface area (Å²) < 4.78 is 11.6. The molecular formula is C24H24BrN3O5S. The number of hydrogen-bond donors (Lipinski definition) is 2. The van der Waals surface area contributed by atoms with Gasteiger partial charge in [-0.2, -0.15) is 0 Å². The predicted octanol–water partition coefficient (Wildman–Crippen LogP) is 6.10. The van der Waals surface area contributed by atoms with Gasteiger partial charge in [0, 0.05) is 25.2 Å². The van der Waals surface area contributed by atoms with Crippen molar-refractivity contribution in [2.24, 2.45) is 0 Å². The van der Waals surface area contributed by atoms with E-state index in [1.807, 2.05) is 12.1 Å². The van der Waals surface area contributed by atoms with Crippen molar-refractivity contribution in [2.75, 3.05) is 11.9 Å². The maximum Gasteiger partial charge on any atom is 0.341 e. The van der Waals surface area contributed by atoms with Crippen molar-refractivity contribution < 1.29 is 23.9 Å². The second-order valence-corrected chi connectivity index (χ2v) is 9.47. The van der Waals surface area contributed by atoms with E-state index in [0.717, 1.165) is 14.9 Å². The Morgan fingerprint density at radius 1 is 1.09 bits per heavy atom. The molecule has 3 rings (SSSR count). The van der Waals surface area contributed by atoms with Crippen LogP contribution in [0.3, 0.4) is 0 Å². The zero-order chi connectivity index (χ0) is 24.7. The van der Waals surface area contributed by atoms with Crippen molar-refractivity contribution in [1.29, 1.82) is 0 Å². The highest BCUT2D eigenvalue weighted by Gasteiger charge is 2.22. The van der Waals surface area contributed by atoms with Crippen LogP contribution in [-0.2, 0) is 11.3 Å². The molecule has 2 heterocycles. The van der Waals surface area contributed by atoms with Crippen molar-refractivity contribution in [1.82, 2.24) is 10.3 Å². The first kappa shape index (κ1) is 25.4. The van der Waals surface area contributed by atoms with E-state index in [-0.39, 0.29) is 18.9 Å². The van der Waals surface area contributed by atoms with Gasteiger partial charge in [-0.1, -0.05) is 19.1 Å². The molecule has 0 saturated carbocycles. The van der Waals surface area contributed by atoms with Crippen molar-refractivity contribution in [3.8, 4) is 11.5 Å². The van der Waals surface area contributed by atoms with Gasteiger partial charge in [-0.15, -0.1) is 11.3 Å². The van der Waals surface area contributed by atoms with Gasteiger partial charge in [0.15, 0.2) is 5.78 Å². The van der Waals surface area contributed by atoms with Crippen molar-refractivity contribution in [3.05, 3.63) is 68.8 Å². The number of carbonyl (C=O) groups excluding carboxylic acids is 3. The number of esters is 1. The summed E-state index contributed by atoms with van der Waals surface area (Å²) in [4.78, 5) is 40.6. The number of carbonyl (C=O) groups is 3. The third kappa shape index (κ3) is 6.42. The highest BCUT2D eigenvalue weighted by Crippen LogP contribution is 2.37. The summed E-state index contributed by atoms with van der Waals surface area (Å²) in [6.45, 7) is 5.82. The van der Waals surface area contributed by atoms with E-state index in [4.69, 9.17) is 9.47 Å². The maximum absolute atomic E-state index is 12.4. The summed E-state index contributed by atoms with van der Waals surface area (Å²) in [5.74, 6) is 0.581. The maximum atomic E-state index is 12.4. The van der Waals surface area contributed by atoms with Crippen LogP contribution >= 0.6 is 27.3 Å². The Bertz CT molecular complexity index is 1190. The van der Waals surface area contributed by atoms with Crippen LogP contribution in [0.2, 0.25) is 0 Å². The van der Waals surface area contributed by atoms with Crippen LogP contribution in [0, 0.1) is 6.92 Å². The molecule has 2 amide bonds. The van der Waals surface area contributed by atoms with Gasteiger partial charge in [-0.05, 0) is 59.1 Å². The predicted molar refractivity (Wildman–Crippen MR) is 134 cm³/mol. The molecule has 0 unspecified atom stereocenters. The minimum atomic E-state index is -0.479. The lowest BCUT2D eigenvalue weighted by Gasteiger charge is -2.10. The second kappa shape index (κ2) is 11.8. The molecule has 2 aromatic heterocycles. The molecular weight excluding hydrogens is 522 g/mol. The Hall–Kier alpha value is -3.24. The molecule has 0 aliphatic rings. The van der Waals surface area contributed by atoms with Gasteiger partial charge in [0.05, 0.1) is 16.0 Å². The van der Waals surface area contributed by atoms with Crippen LogP contribution in [0.25, 0.3) is 0 Å². The first-order valence-corrected chi connectivity index (χ1v) is 12.2.